The highest BCUT2D eigenvalue weighted by atomic mass is 79.9. The van der Waals surface area contributed by atoms with E-state index in [2.05, 4.69) is 40.0 Å². The van der Waals surface area contributed by atoms with Gasteiger partial charge in [-0.2, -0.15) is 0 Å². The second kappa shape index (κ2) is 4.76. The zero-order valence-corrected chi connectivity index (χ0v) is 10.6. The predicted octanol–water partition coefficient (Wildman–Crippen LogP) is 3.20. The molecule has 0 bridgehead atoms. The Morgan fingerprint density at radius 2 is 2.00 bits per heavy atom. The van der Waals surface area contributed by atoms with Crippen molar-refractivity contribution < 1.29 is 0 Å². The molecular weight excluding hydrogens is 264 g/mol. The van der Waals surface area contributed by atoms with Crippen LogP contribution in [0.2, 0.25) is 0 Å². The fourth-order valence-electron chi connectivity index (χ4n) is 1.71. The number of halogens is 1. The number of rotatable bonds is 2. The minimum atomic E-state index is -0.119. The van der Waals surface area contributed by atoms with Crippen LogP contribution in [0.3, 0.4) is 0 Å². The lowest BCUT2D eigenvalue weighted by Crippen LogP contribution is -2.13. The van der Waals surface area contributed by atoms with E-state index in [9.17, 15) is 0 Å². The number of nitrogens with two attached hydrogens (primary N) is 1. The summed E-state index contributed by atoms with van der Waals surface area (Å²) in [6.07, 6.45) is 3.57. The normalized spacial score (nSPS) is 12.4. The van der Waals surface area contributed by atoms with E-state index in [1.807, 2.05) is 24.4 Å². The molecular formula is C13H13BrN2. The Morgan fingerprint density at radius 3 is 2.69 bits per heavy atom. The number of hydrogen-bond acceptors (Lipinski definition) is 2. The highest BCUT2D eigenvalue weighted by Gasteiger charge is 2.11. The maximum Gasteiger partial charge on any atom is 0.0569 e. The van der Waals surface area contributed by atoms with E-state index in [-0.39, 0.29) is 6.04 Å². The number of aryl methyl sites for hydroxylation is 1. The van der Waals surface area contributed by atoms with Crippen LogP contribution in [0.1, 0.15) is 22.7 Å². The number of aromatic nitrogens is 1. The third-order valence-corrected chi connectivity index (χ3v) is 3.04. The smallest absolute Gasteiger partial charge is 0.0569 e. The molecule has 0 radical (unpaired) electrons. The number of pyridine rings is 1. The lowest BCUT2D eigenvalue weighted by molar-refractivity contribution is 0.852. The van der Waals surface area contributed by atoms with Gasteiger partial charge in [-0.3, -0.25) is 4.98 Å². The standard InChI is InChI=1S/C13H13BrN2/c1-9-4-2-3-5-12(9)13(15)10-6-11(14)8-16-7-10/h2-8,13H,15H2,1H3. The second-order valence-corrected chi connectivity index (χ2v) is 4.69. The summed E-state index contributed by atoms with van der Waals surface area (Å²) in [5, 5.41) is 0. The molecule has 1 aromatic carbocycles. The van der Waals surface area contributed by atoms with Crippen LogP contribution < -0.4 is 5.73 Å². The first-order valence-corrected chi connectivity index (χ1v) is 5.89. The summed E-state index contributed by atoms with van der Waals surface area (Å²) in [5.41, 5.74) is 9.59. The van der Waals surface area contributed by atoms with Crippen molar-refractivity contribution in [3.05, 3.63) is 63.9 Å². The van der Waals surface area contributed by atoms with Crippen molar-refractivity contribution in [3.63, 3.8) is 0 Å². The van der Waals surface area contributed by atoms with Crippen molar-refractivity contribution in [1.29, 1.82) is 0 Å². The molecule has 0 saturated carbocycles. The van der Waals surface area contributed by atoms with Crippen molar-refractivity contribution in [2.24, 2.45) is 5.73 Å². The first-order chi connectivity index (χ1) is 7.68. The van der Waals surface area contributed by atoms with E-state index in [0.29, 0.717) is 0 Å². The van der Waals surface area contributed by atoms with Crippen LogP contribution in [-0.4, -0.2) is 4.98 Å². The van der Waals surface area contributed by atoms with Crippen LogP contribution in [0, 0.1) is 6.92 Å². The maximum absolute atomic E-state index is 6.23. The quantitative estimate of drug-likeness (QED) is 0.915. The summed E-state index contributed by atoms with van der Waals surface area (Å²) in [6.45, 7) is 2.07. The van der Waals surface area contributed by atoms with Crippen LogP contribution in [0.5, 0.6) is 0 Å². The number of nitrogens with zero attached hydrogens (tertiary/aromatic N) is 1. The molecule has 1 aromatic heterocycles. The SMILES string of the molecule is Cc1ccccc1C(N)c1cncc(Br)c1. The molecule has 1 atom stereocenters. The molecule has 82 valence electrons. The Bertz CT molecular complexity index is 497. The van der Waals surface area contributed by atoms with Gasteiger partial charge in [0.2, 0.25) is 0 Å². The van der Waals surface area contributed by atoms with Gasteiger partial charge in [0.15, 0.2) is 0 Å². The monoisotopic (exact) mass is 276 g/mol. The summed E-state index contributed by atoms with van der Waals surface area (Å²) in [7, 11) is 0. The average Bonchev–Trinajstić information content (AvgIpc) is 2.29. The molecule has 3 heteroatoms. The fourth-order valence-corrected chi connectivity index (χ4v) is 2.10. The molecule has 1 unspecified atom stereocenters. The largest absolute Gasteiger partial charge is 0.320 e. The Balaban J connectivity index is 2.39. The molecule has 0 fully saturated rings. The molecule has 2 rings (SSSR count). The summed E-state index contributed by atoms with van der Waals surface area (Å²) in [4.78, 5) is 4.13. The van der Waals surface area contributed by atoms with E-state index < -0.39 is 0 Å². The van der Waals surface area contributed by atoms with Crippen molar-refractivity contribution in [3.8, 4) is 0 Å². The molecule has 0 spiro atoms. The zero-order valence-electron chi connectivity index (χ0n) is 9.02. The molecule has 1 heterocycles. The highest BCUT2D eigenvalue weighted by molar-refractivity contribution is 9.10. The Hall–Kier alpha value is -1.19. The molecule has 2 nitrogen and oxygen atoms in total. The molecule has 0 aliphatic carbocycles. The van der Waals surface area contributed by atoms with Crippen molar-refractivity contribution in [2.75, 3.05) is 0 Å². The van der Waals surface area contributed by atoms with Crippen molar-refractivity contribution >= 4 is 15.9 Å². The second-order valence-electron chi connectivity index (χ2n) is 3.77. The summed E-state index contributed by atoms with van der Waals surface area (Å²) in [5.74, 6) is 0. The van der Waals surface area contributed by atoms with E-state index in [4.69, 9.17) is 5.73 Å². The first-order valence-electron chi connectivity index (χ1n) is 5.10. The van der Waals surface area contributed by atoms with Crippen LogP contribution in [-0.2, 0) is 0 Å². The Labute approximate surface area is 104 Å². The number of benzene rings is 1. The van der Waals surface area contributed by atoms with Gasteiger partial charge in [-0.05, 0) is 45.6 Å². The van der Waals surface area contributed by atoms with Crippen molar-refractivity contribution in [1.82, 2.24) is 4.98 Å². The van der Waals surface area contributed by atoms with Gasteiger partial charge in [-0.1, -0.05) is 24.3 Å². The lowest BCUT2D eigenvalue weighted by atomic mass is 9.97. The summed E-state index contributed by atoms with van der Waals surface area (Å²) >= 11 is 3.40. The topological polar surface area (TPSA) is 38.9 Å². The van der Waals surface area contributed by atoms with E-state index in [1.54, 1.807) is 6.20 Å². The summed E-state index contributed by atoms with van der Waals surface area (Å²) in [6, 6.07) is 10.0. The van der Waals surface area contributed by atoms with E-state index in [0.717, 1.165) is 15.6 Å². The molecule has 0 aliphatic rings. The maximum atomic E-state index is 6.23. The number of hydrogen-bond donors (Lipinski definition) is 1. The lowest BCUT2D eigenvalue weighted by Gasteiger charge is -2.14. The van der Waals surface area contributed by atoms with Gasteiger partial charge in [0.05, 0.1) is 6.04 Å². The minimum absolute atomic E-state index is 0.119. The van der Waals surface area contributed by atoms with Gasteiger partial charge < -0.3 is 5.73 Å². The third kappa shape index (κ3) is 2.31. The van der Waals surface area contributed by atoms with Gasteiger partial charge in [-0.15, -0.1) is 0 Å². The Morgan fingerprint density at radius 1 is 1.25 bits per heavy atom. The molecule has 0 aliphatic heterocycles. The van der Waals surface area contributed by atoms with Gasteiger partial charge >= 0.3 is 0 Å². The fraction of sp³-hybridized carbons (Fsp3) is 0.154. The Kier molecular flexibility index (Phi) is 3.36. The van der Waals surface area contributed by atoms with Crippen LogP contribution in [0.4, 0.5) is 0 Å². The zero-order chi connectivity index (χ0) is 11.5. The minimum Gasteiger partial charge on any atom is -0.320 e. The van der Waals surface area contributed by atoms with Gasteiger partial charge in [-0.25, -0.2) is 0 Å². The predicted molar refractivity (Wildman–Crippen MR) is 69.1 cm³/mol. The van der Waals surface area contributed by atoms with E-state index >= 15 is 0 Å². The molecule has 0 saturated heterocycles. The molecule has 2 aromatic rings. The average molecular weight is 277 g/mol. The van der Waals surface area contributed by atoms with Gasteiger partial charge in [0.25, 0.3) is 0 Å². The molecule has 16 heavy (non-hydrogen) atoms. The van der Waals surface area contributed by atoms with Crippen molar-refractivity contribution in [2.45, 2.75) is 13.0 Å². The van der Waals surface area contributed by atoms with E-state index in [1.165, 1.54) is 5.56 Å². The first kappa shape index (κ1) is 11.3. The van der Waals surface area contributed by atoms with Crippen LogP contribution >= 0.6 is 15.9 Å². The van der Waals surface area contributed by atoms with Gasteiger partial charge in [0.1, 0.15) is 0 Å². The van der Waals surface area contributed by atoms with Gasteiger partial charge in [0, 0.05) is 16.9 Å². The summed E-state index contributed by atoms with van der Waals surface area (Å²) < 4.78 is 0.953. The highest BCUT2D eigenvalue weighted by Crippen LogP contribution is 2.23. The molecule has 0 amide bonds. The molecule has 2 N–H and O–H groups in total. The van der Waals surface area contributed by atoms with Crippen LogP contribution in [0.15, 0.2) is 47.2 Å². The third-order valence-electron chi connectivity index (χ3n) is 2.61. The van der Waals surface area contributed by atoms with Crippen LogP contribution in [0.25, 0.3) is 0 Å².